The molecule has 5 nitrogen and oxygen atoms in total. The Balaban J connectivity index is 3.28. The summed E-state index contributed by atoms with van der Waals surface area (Å²) in [5.41, 5.74) is 6.20. The van der Waals surface area contributed by atoms with Gasteiger partial charge in [-0.05, 0) is 32.0 Å². The predicted molar refractivity (Wildman–Crippen MR) is 80.3 cm³/mol. The third kappa shape index (κ3) is 3.84. The molecule has 1 rings (SSSR count). The molecule has 0 spiro atoms. The number of nitrogens with two attached hydrogens (primary N) is 1. The van der Waals surface area contributed by atoms with E-state index in [0.717, 1.165) is 6.26 Å². The maximum atomic E-state index is 12.4. The van der Waals surface area contributed by atoms with E-state index in [9.17, 15) is 13.2 Å². The van der Waals surface area contributed by atoms with Crippen LogP contribution in [0.5, 0.6) is 0 Å². The van der Waals surface area contributed by atoms with Gasteiger partial charge in [0, 0.05) is 30.1 Å². The highest BCUT2D eigenvalue weighted by molar-refractivity contribution is 7.90. The van der Waals surface area contributed by atoms with Crippen LogP contribution < -0.4 is 5.73 Å². The third-order valence-corrected chi connectivity index (χ3v) is 3.91. The molecule has 0 aliphatic carbocycles. The molecule has 2 N–H and O–H groups in total. The summed E-state index contributed by atoms with van der Waals surface area (Å²) in [5, 5.41) is 0. The van der Waals surface area contributed by atoms with E-state index in [-0.39, 0.29) is 28.1 Å². The molecular weight excluding hydrogens is 276 g/mol. The Kier molecular flexibility index (Phi) is 4.94. The molecule has 0 saturated heterocycles. The van der Waals surface area contributed by atoms with Gasteiger partial charge in [-0.25, -0.2) is 8.42 Å². The van der Waals surface area contributed by atoms with Gasteiger partial charge in [0.25, 0.3) is 5.91 Å². The van der Waals surface area contributed by atoms with Gasteiger partial charge in [-0.15, -0.1) is 6.58 Å². The molecule has 1 amide bonds. The minimum atomic E-state index is -3.41. The van der Waals surface area contributed by atoms with Crippen LogP contribution in [0, 0.1) is 0 Å². The predicted octanol–water partition coefficient (Wildman–Crippen LogP) is 1.71. The van der Waals surface area contributed by atoms with Crippen molar-refractivity contribution >= 4 is 21.4 Å². The van der Waals surface area contributed by atoms with E-state index >= 15 is 0 Å². The van der Waals surface area contributed by atoms with Crippen molar-refractivity contribution in [3.63, 3.8) is 0 Å². The molecule has 110 valence electrons. The molecule has 0 unspecified atom stereocenters. The van der Waals surface area contributed by atoms with Crippen molar-refractivity contribution in [3.8, 4) is 0 Å². The van der Waals surface area contributed by atoms with E-state index in [1.54, 1.807) is 11.0 Å². The lowest BCUT2D eigenvalue weighted by atomic mass is 10.1. The second-order valence-corrected chi connectivity index (χ2v) is 6.92. The Morgan fingerprint density at radius 2 is 2.00 bits per heavy atom. The number of hydrogen-bond donors (Lipinski definition) is 1. The summed E-state index contributed by atoms with van der Waals surface area (Å²) in [7, 11) is -3.41. The van der Waals surface area contributed by atoms with Crippen molar-refractivity contribution in [1.29, 1.82) is 0 Å². The van der Waals surface area contributed by atoms with Crippen LogP contribution in [0.25, 0.3) is 0 Å². The van der Waals surface area contributed by atoms with E-state index in [1.807, 2.05) is 13.8 Å². The number of nitrogens with zero attached hydrogens (tertiary/aromatic N) is 1. The molecule has 0 aliphatic heterocycles. The van der Waals surface area contributed by atoms with Crippen molar-refractivity contribution in [2.24, 2.45) is 0 Å². The number of carbonyl (C=O) groups excluding carboxylic acids is 1. The number of anilines is 1. The standard InChI is InChI=1S/C14H20N2O3S/c1-5-6-16(10(2)3)14(17)11-7-12(15)9-13(8-11)20(4,18)19/h5,7-10H,1,6,15H2,2-4H3. The normalized spacial score (nSPS) is 11.4. The van der Waals surface area contributed by atoms with E-state index < -0.39 is 9.84 Å². The highest BCUT2D eigenvalue weighted by atomic mass is 32.2. The SMILES string of the molecule is C=CCN(C(=O)c1cc(N)cc(S(C)(=O)=O)c1)C(C)C. The largest absolute Gasteiger partial charge is 0.399 e. The summed E-state index contributed by atoms with van der Waals surface area (Å²) in [6.45, 7) is 7.77. The summed E-state index contributed by atoms with van der Waals surface area (Å²) in [5.74, 6) is -0.267. The van der Waals surface area contributed by atoms with Crippen LogP contribution in [0.2, 0.25) is 0 Å². The molecule has 1 aromatic carbocycles. The Labute approximate surface area is 120 Å². The lowest BCUT2D eigenvalue weighted by molar-refractivity contribution is 0.0728. The third-order valence-electron chi connectivity index (χ3n) is 2.81. The molecule has 0 atom stereocenters. The number of rotatable bonds is 5. The first-order chi connectivity index (χ1) is 9.16. The van der Waals surface area contributed by atoms with Crippen molar-refractivity contribution in [3.05, 3.63) is 36.4 Å². The van der Waals surface area contributed by atoms with Crippen LogP contribution in [0.15, 0.2) is 35.7 Å². The maximum Gasteiger partial charge on any atom is 0.254 e. The number of sulfone groups is 1. The van der Waals surface area contributed by atoms with Crippen LogP contribution in [0.3, 0.4) is 0 Å². The van der Waals surface area contributed by atoms with Gasteiger partial charge >= 0.3 is 0 Å². The summed E-state index contributed by atoms with van der Waals surface area (Å²) in [6, 6.07) is 4.16. The number of amides is 1. The zero-order valence-corrected chi connectivity index (χ0v) is 12.8. The Hall–Kier alpha value is -1.82. The molecule has 6 heteroatoms. The van der Waals surface area contributed by atoms with Gasteiger partial charge in [0.05, 0.1) is 4.90 Å². The highest BCUT2D eigenvalue weighted by Gasteiger charge is 2.20. The molecule has 0 aliphatic rings. The first-order valence-corrected chi connectivity index (χ1v) is 8.08. The van der Waals surface area contributed by atoms with Gasteiger partial charge < -0.3 is 10.6 Å². The second kappa shape index (κ2) is 6.09. The fraction of sp³-hybridized carbons (Fsp3) is 0.357. The first-order valence-electron chi connectivity index (χ1n) is 6.19. The van der Waals surface area contributed by atoms with Gasteiger partial charge in [-0.1, -0.05) is 6.08 Å². The van der Waals surface area contributed by atoms with Crippen LogP contribution in [0.1, 0.15) is 24.2 Å². The van der Waals surface area contributed by atoms with Gasteiger partial charge in [0.1, 0.15) is 0 Å². The van der Waals surface area contributed by atoms with Crippen molar-refractivity contribution in [2.75, 3.05) is 18.5 Å². The van der Waals surface area contributed by atoms with E-state index in [4.69, 9.17) is 5.73 Å². The molecule has 0 radical (unpaired) electrons. The van der Waals surface area contributed by atoms with Gasteiger partial charge in [-0.2, -0.15) is 0 Å². The van der Waals surface area contributed by atoms with Gasteiger partial charge in [0.2, 0.25) is 0 Å². The van der Waals surface area contributed by atoms with Crippen molar-refractivity contribution in [1.82, 2.24) is 4.90 Å². The summed E-state index contributed by atoms with van der Waals surface area (Å²) >= 11 is 0. The first kappa shape index (κ1) is 16.2. The minimum absolute atomic E-state index is 0.0244. The van der Waals surface area contributed by atoms with Gasteiger partial charge in [-0.3, -0.25) is 4.79 Å². The van der Waals surface area contributed by atoms with Crippen LogP contribution >= 0.6 is 0 Å². The van der Waals surface area contributed by atoms with Crippen molar-refractivity contribution in [2.45, 2.75) is 24.8 Å². The smallest absolute Gasteiger partial charge is 0.254 e. The van der Waals surface area contributed by atoms with E-state index in [0.29, 0.717) is 6.54 Å². The Morgan fingerprint density at radius 1 is 1.40 bits per heavy atom. The topological polar surface area (TPSA) is 80.5 Å². The minimum Gasteiger partial charge on any atom is -0.399 e. The average Bonchev–Trinajstić information content (AvgIpc) is 2.33. The molecule has 20 heavy (non-hydrogen) atoms. The fourth-order valence-corrected chi connectivity index (χ4v) is 2.48. The molecule has 0 heterocycles. The Morgan fingerprint density at radius 3 is 2.45 bits per heavy atom. The molecule has 0 saturated carbocycles. The van der Waals surface area contributed by atoms with Crippen LogP contribution in [0.4, 0.5) is 5.69 Å². The summed E-state index contributed by atoms with van der Waals surface area (Å²) in [4.78, 5) is 14.1. The quantitative estimate of drug-likeness (QED) is 0.662. The molecule has 0 fully saturated rings. The maximum absolute atomic E-state index is 12.4. The lowest BCUT2D eigenvalue weighted by Crippen LogP contribution is -2.37. The molecule has 1 aromatic rings. The van der Waals surface area contributed by atoms with E-state index in [1.165, 1.54) is 18.2 Å². The number of benzene rings is 1. The molecule has 0 aromatic heterocycles. The highest BCUT2D eigenvalue weighted by Crippen LogP contribution is 2.19. The lowest BCUT2D eigenvalue weighted by Gasteiger charge is -2.25. The Bertz CT molecular complexity index is 621. The van der Waals surface area contributed by atoms with E-state index in [2.05, 4.69) is 6.58 Å². The number of carbonyl (C=O) groups is 1. The van der Waals surface area contributed by atoms with Crippen LogP contribution in [-0.2, 0) is 9.84 Å². The average molecular weight is 296 g/mol. The zero-order valence-electron chi connectivity index (χ0n) is 12.0. The van der Waals surface area contributed by atoms with Crippen LogP contribution in [-0.4, -0.2) is 38.1 Å². The second-order valence-electron chi connectivity index (χ2n) is 4.90. The molecule has 0 bridgehead atoms. The van der Waals surface area contributed by atoms with Crippen molar-refractivity contribution < 1.29 is 13.2 Å². The number of nitrogen functional groups attached to an aromatic ring is 1. The van der Waals surface area contributed by atoms with Gasteiger partial charge in [0.15, 0.2) is 9.84 Å². The zero-order chi connectivity index (χ0) is 15.5. The molecular formula is C14H20N2O3S. The number of hydrogen-bond acceptors (Lipinski definition) is 4. The summed E-state index contributed by atoms with van der Waals surface area (Å²) < 4.78 is 23.2. The summed E-state index contributed by atoms with van der Waals surface area (Å²) in [6.07, 6.45) is 2.71. The monoisotopic (exact) mass is 296 g/mol. The fourth-order valence-electron chi connectivity index (χ4n) is 1.79.